The van der Waals surface area contributed by atoms with Crippen LogP contribution in [0.25, 0.3) is 5.57 Å². The molecule has 0 bridgehead atoms. The Labute approximate surface area is 140 Å². The molecule has 130 valence electrons. The van der Waals surface area contributed by atoms with Crippen molar-refractivity contribution >= 4 is 19.0 Å². The van der Waals surface area contributed by atoms with Gasteiger partial charge in [-0.05, 0) is 23.6 Å². The third-order valence-electron chi connectivity index (χ3n) is 3.56. The van der Waals surface area contributed by atoms with Gasteiger partial charge in [0.1, 0.15) is 14.9 Å². The van der Waals surface area contributed by atoms with Crippen LogP contribution in [0, 0.1) is 0 Å². The Bertz CT molecular complexity index is 538. The maximum absolute atomic E-state index is 9.32. The molecule has 1 heterocycles. The molecule has 0 aromatic carbocycles. The van der Waals surface area contributed by atoms with Crippen LogP contribution in [-0.2, 0) is 16.1 Å². The van der Waals surface area contributed by atoms with E-state index in [0.717, 1.165) is 28.4 Å². The molecule has 23 heavy (non-hydrogen) atoms. The maximum Gasteiger partial charge on any atom is 0.219 e. The molecule has 1 aromatic heterocycles. The first-order valence-corrected chi connectivity index (χ1v) is 11.3. The smallest absolute Gasteiger partial charge is 0.219 e. The Balaban J connectivity index is 3.47. The van der Waals surface area contributed by atoms with Gasteiger partial charge in [-0.25, -0.2) is 4.98 Å². The molecular formula is C17H29NO4Si. The summed E-state index contributed by atoms with van der Waals surface area (Å²) in [6.07, 6.45) is 2.65. The molecule has 0 aliphatic carbocycles. The molecule has 0 radical (unpaired) electrons. The lowest BCUT2D eigenvalue weighted by molar-refractivity contribution is -0.0396. The van der Waals surface area contributed by atoms with E-state index < -0.39 is 8.07 Å². The minimum atomic E-state index is -1.60. The normalized spacial score (nSPS) is 12.6. The third kappa shape index (κ3) is 5.42. The van der Waals surface area contributed by atoms with E-state index in [0.29, 0.717) is 12.5 Å². The summed E-state index contributed by atoms with van der Waals surface area (Å²) in [5, 5.41) is 10.4. The van der Waals surface area contributed by atoms with Gasteiger partial charge >= 0.3 is 0 Å². The van der Waals surface area contributed by atoms with Crippen LogP contribution < -0.4 is 10.1 Å². The summed E-state index contributed by atoms with van der Waals surface area (Å²) in [7, 11) is 1.62. The molecule has 0 unspecified atom stereocenters. The maximum atomic E-state index is 9.32. The fraction of sp³-hybridized carbons (Fsp3) is 0.588. The topological polar surface area (TPSA) is 60.8 Å². The SMILES string of the molecule is CC/C(=C/CO)c1cc([Si](C)(C)C)nc(OC)c1COCOC. The number of nitrogens with zero attached hydrogens (tertiary/aromatic N) is 1. The zero-order valence-corrected chi connectivity index (χ0v) is 16.1. The van der Waals surface area contributed by atoms with Gasteiger partial charge in [-0.15, -0.1) is 0 Å². The van der Waals surface area contributed by atoms with Crippen molar-refractivity contribution in [1.82, 2.24) is 4.98 Å². The van der Waals surface area contributed by atoms with E-state index in [2.05, 4.69) is 32.6 Å². The monoisotopic (exact) mass is 339 g/mol. The van der Waals surface area contributed by atoms with Crippen LogP contribution in [0.4, 0.5) is 0 Å². The minimum absolute atomic E-state index is 0.00839. The van der Waals surface area contributed by atoms with Gasteiger partial charge in [0.2, 0.25) is 5.88 Å². The standard InChI is InChI=1S/C17H29NO4Si/c1-7-13(8-9-19)14-10-16(23(4,5)6)18-17(21-3)15(14)11-22-12-20-2/h8,10,19H,7,9,11-12H2,1-6H3/b13-8-. The van der Waals surface area contributed by atoms with Crippen molar-refractivity contribution in [2.24, 2.45) is 0 Å². The Kier molecular flexibility index (Phi) is 7.91. The highest BCUT2D eigenvalue weighted by atomic mass is 28.3. The average molecular weight is 340 g/mol. The second-order valence-corrected chi connectivity index (χ2v) is 11.3. The van der Waals surface area contributed by atoms with E-state index in [9.17, 15) is 5.11 Å². The molecule has 0 fully saturated rings. The van der Waals surface area contributed by atoms with Crippen LogP contribution >= 0.6 is 0 Å². The van der Waals surface area contributed by atoms with Crippen molar-refractivity contribution in [2.45, 2.75) is 39.6 Å². The Morgan fingerprint density at radius 3 is 2.48 bits per heavy atom. The number of allylic oxidation sites excluding steroid dienone is 1. The van der Waals surface area contributed by atoms with Crippen LogP contribution in [0.2, 0.25) is 19.6 Å². The number of hydrogen-bond acceptors (Lipinski definition) is 5. The molecule has 5 nitrogen and oxygen atoms in total. The lowest BCUT2D eigenvalue weighted by Gasteiger charge is -2.22. The van der Waals surface area contributed by atoms with Crippen molar-refractivity contribution in [3.05, 3.63) is 23.3 Å². The summed E-state index contributed by atoms with van der Waals surface area (Å²) >= 11 is 0. The zero-order valence-electron chi connectivity index (χ0n) is 15.1. The number of aliphatic hydroxyl groups excluding tert-OH is 1. The van der Waals surface area contributed by atoms with Crippen LogP contribution in [0.3, 0.4) is 0 Å². The van der Waals surface area contributed by atoms with Crippen molar-refractivity contribution in [2.75, 3.05) is 27.6 Å². The summed E-state index contributed by atoms with van der Waals surface area (Å²) in [4.78, 5) is 4.71. The van der Waals surface area contributed by atoms with Gasteiger partial charge in [-0.3, -0.25) is 0 Å². The predicted octanol–water partition coefficient (Wildman–Crippen LogP) is 2.54. The first-order valence-electron chi connectivity index (χ1n) is 7.84. The zero-order chi connectivity index (χ0) is 17.5. The van der Waals surface area contributed by atoms with Crippen LogP contribution in [0.5, 0.6) is 5.88 Å². The van der Waals surface area contributed by atoms with E-state index >= 15 is 0 Å². The number of pyridine rings is 1. The molecule has 0 spiro atoms. The van der Waals surface area contributed by atoms with Gasteiger partial charge in [0.05, 0.1) is 20.3 Å². The van der Waals surface area contributed by atoms with Gasteiger partial charge < -0.3 is 19.3 Å². The summed E-state index contributed by atoms with van der Waals surface area (Å²) in [6, 6.07) is 2.13. The van der Waals surface area contributed by atoms with Crippen LogP contribution in [-0.4, -0.2) is 45.8 Å². The van der Waals surface area contributed by atoms with Crippen molar-refractivity contribution < 1.29 is 19.3 Å². The van der Waals surface area contributed by atoms with Crippen LogP contribution in [0.15, 0.2) is 12.1 Å². The Morgan fingerprint density at radius 2 is 2.00 bits per heavy atom. The van der Waals surface area contributed by atoms with Crippen molar-refractivity contribution in [3.63, 3.8) is 0 Å². The predicted molar refractivity (Wildman–Crippen MR) is 95.8 cm³/mol. The van der Waals surface area contributed by atoms with E-state index in [1.165, 1.54) is 0 Å². The second-order valence-electron chi connectivity index (χ2n) is 6.31. The van der Waals surface area contributed by atoms with Gasteiger partial charge in [0.25, 0.3) is 0 Å². The number of aromatic nitrogens is 1. The first-order chi connectivity index (χ1) is 10.9. The van der Waals surface area contributed by atoms with Gasteiger partial charge in [0.15, 0.2) is 0 Å². The number of hydrogen-bond donors (Lipinski definition) is 1. The molecule has 0 saturated carbocycles. The number of aliphatic hydroxyl groups is 1. The molecule has 0 aliphatic heterocycles. The van der Waals surface area contributed by atoms with Crippen molar-refractivity contribution in [3.8, 4) is 5.88 Å². The second kappa shape index (κ2) is 9.17. The van der Waals surface area contributed by atoms with Crippen molar-refractivity contribution in [1.29, 1.82) is 0 Å². The number of rotatable bonds is 9. The highest BCUT2D eigenvalue weighted by Gasteiger charge is 2.24. The molecule has 0 aliphatic rings. The summed E-state index contributed by atoms with van der Waals surface area (Å²) < 4.78 is 16.0. The molecule has 0 saturated heterocycles. The lowest BCUT2D eigenvalue weighted by Crippen LogP contribution is -2.40. The molecule has 0 amide bonds. The third-order valence-corrected chi connectivity index (χ3v) is 5.35. The molecule has 1 aromatic rings. The average Bonchev–Trinajstić information content (AvgIpc) is 2.51. The summed E-state index contributed by atoms with van der Waals surface area (Å²) in [6.45, 7) is 9.40. The van der Waals surface area contributed by atoms with Crippen LogP contribution in [0.1, 0.15) is 24.5 Å². The highest BCUT2D eigenvalue weighted by molar-refractivity contribution is 6.88. The minimum Gasteiger partial charge on any atom is -0.481 e. The largest absolute Gasteiger partial charge is 0.481 e. The number of methoxy groups -OCH3 is 2. The summed E-state index contributed by atoms with van der Waals surface area (Å²) in [5.41, 5.74) is 3.01. The fourth-order valence-electron chi connectivity index (χ4n) is 2.31. The molecular weight excluding hydrogens is 310 g/mol. The Hall–Kier alpha value is -1.21. The van der Waals surface area contributed by atoms with E-state index in [1.54, 1.807) is 14.2 Å². The van der Waals surface area contributed by atoms with E-state index in [1.807, 2.05) is 6.08 Å². The number of ether oxygens (including phenoxy) is 3. The summed E-state index contributed by atoms with van der Waals surface area (Å²) in [5.74, 6) is 0.591. The molecule has 1 rings (SSSR count). The fourth-order valence-corrected chi connectivity index (χ4v) is 3.32. The van der Waals surface area contributed by atoms with E-state index in [-0.39, 0.29) is 13.4 Å². The van der Waals surface area contributed by atoms with Gasteiger partial charge in [0, 0.05) is 18.0 Å². The van der Waals surface area contributed by atoms with E-state index in [4.69, 9.17) is 19.2 Å². The molecule has 6 heteroatoms. The quantitative estimate of drug-likeness (QED) is 0.426. The lowest BCUT2D eigenvalue weighted by atomic mass is 9.99. The first kappa shape index (κ1) is 19.8. The molecule has 0 atom stereocenters. The Morgan fingerprint density at radius 1 is 1.30 bits per heavy atom. The highest BCUT2D eigenvalue weighted by Crippen LogP contribution is 2.28. The molecule has 1 N–H and O–H groups in total. The van der Waals surface area contributed by atoms with Gasteiger partial charge in [-0.1, -0.05) is 32.6 Å². The van der Waals surface area contributed by atoms with Gasteiger partial charge in [-0.2, -0.15) is 0 Å².